The molecule has 7 heteroatoms. The lowest BCUT2D eigenvalue weighted by Crippen LogP contribution is -2.26. The lowest BCUT2D eigenvalue weighted by atomic mass is 10.1. The molecule has 1 aromatic heterocycles. The molecular formula is C14H22N2O4S. The zero-order chi connectivity index (χ0) is 14.9. The zero-order valence-corrected chi connectivity index (χ0v) is 12.8. The van der Waals surface area contributed by atoms with Crippen molar-refractivity contribution >= 4 is 10.0 Å². The molecule has 1 saturated heterocycles. The molecule has 2 fully saturated rings. The number of ether oxygens (including phenoxy) is 1. The van der Waals surface area contributed by atoms with Crippen LogP contribution in [0, 0.1) is 5.92 Å². The Bertz CT molecular complexity index is 586. The van der Waals surface area contributed by atoms with Crippen LogP contribution in [0.15, 0.2) is 17.2 Å². The van der Waals surface area contributed by atoms with Gasteiger partial charge in [-0.05, 0) is 37.7 Å². The molecule has 0 aromatic carbocycles. The number of hydrogen-bond acceptors (Lipinski definition) is 4. The number of aliphatic hydroxyl groups is 1. The van der Waals surface area contributed by atoms with Gasteiger partial charge in [0.1, 0.15) is 0 Å². The minimum Gasteiger partial charge on any atom is -0.390 e. The van der Waals surface area contributed by atoms with Crippen molar-refractivity contribution in [2.75, 3.05) is 19.8 Å². The van der Waals surface area contributed by atoms with Gasteiger partial charge >= 0.3 is 0 Å². The quantitative estimate of drug-likeness (QED) is 0.787. The van der Waals surface area contributed by atoms with E-state index in [0.29, 0.717) is 24.2 Å². The van der Waals surface area contributed by atoms with Crippen molar-refractivity contribution in [3.8, 4) is 0 Å². The summed E-state index contributed by atoms with van der Waals surface area (Å²) in [5.74, 6) is 0.455. The fourth-order valence-corrected chi connectivity index (χ4v) is 3.85. The molecule has 1 aromatic rings. The highest BCUT2D eigenvalue weighted by atomic mass is 32.2. The van der Waals surface area contributed by atoms with E-state index in [1.807, 2.05) is 4.57 Å². The normalized spacial score (nSPS) is 22.8. The van der Waals surface area contributed by atoms with Crippen LogP contribution in [0.1, 0.15) is 37.4 Å². The van der Waals surface area contributed by atoms with Crippen molar-refractivity contribution in [3.63, 3.8) is 0 Å². The summed E-state index contributed by atoms with van der Waals surface area (Å²) in [7, 11) is -3.49. The number of aromatic nitrogens is 1. The molecule has 2 heterocycles. The smallest absolute Gasteiger partial charge is 0.242 e. The maximum Gasteiger partial charge on any atom is 0.242 e. The summed E-state index contributed by atoms with van der Waals surface area (Å²) in [5.41, 5.74) is 0.669. The van der Waals surface area contributed by atoms with Gasteiger partial charge in [0.05, 0.1) is 11.5 Å². The molecule has 1 aliphatic carbocycles. The van der Waals surface area contributed by atoms with Gasteiger partial charge in [0, 0.05) is 37.7 Å². The van der Waals surface area contributed by atoms with E-state index in [4.69, 9.17) is 4.74 Å². The lowest BCUT2D eigenvalue weighted by Gasteiger charge is -2.08. The molecule has 0 radical (unpaired) electrons. The second-order valence-electron chi connectivity index (χ2n) is 5.88. The molecule has 1 aliphatic heterocycles. The topological polar surface area (TPSA) is 80.6 Å². The Labute approximate surface area is 125 Å². The number of nitrogens with one attached hydrogen (secondary N) is 1. The Morgan fingerprint density at radius 1 is 1.38 bits per heavy atom. The van der Waals surface area contributed by atoms with E-state index in [1.165, 1.54) is 0 Å². The molecule has 6 nitrogen and oxygen atoms in total. The zero-order valence-electron chi connectivity index (χ0n) is 12.0. The van der Waals surface area contributed by atoms with Crippen LogP contribution in [0.25, 0.3) is 0 Å². The van der Waals surface area contributed by atoms with Gasteiger partial charge in [-0.15, -0.1) is 0 Å². The molecule has 118 valence electrons. The van der Waals surface area contributed by atoms with Gasteiger partial charge in [-0.1, -0.05) is 0 Å². The largest absolute Gasteiger partial charge is 0.390 e. The standard InChI is InChI=1S/C14H22N2O4S/c17-9-13-7-14(8-16(13)12-1-2-12)21(18,19)15-5-3-11-4-6-20-10-11/h7-8,11-12,15,17H,1-6,9-10H2. The Balaban J connectivity index is 1.63. The first-order valence-electron chi connectivity index (χ1n) is 7.49. The SMILES string of the molecule is O=S(=O)(NCCC1CCOC1)c1cc(CO)n(C2CC2)c1. The van der Waals surface area contributed by atoms with E-state index in [9.17, 15) is 13.5 Å². The van der Waals surface area contributed by atoms with Crippen LogP contribution < -0.4 is 4.72 Å². The molecule has 3 rings (SSSR count). The fourth-order valence-electron chi connectivity index (χ4n) is 2.75. The van der Waals surface area contributed by atoms with Crippen LogP contribution in [0.4, 0.5) is 0 Å². The van der Waals surface area contributed by atoms with E-state index < -0.39 is 10.0 Å². The molecule has 0 spiro atoms. The Morgan fingerprint density at radius 3 is 2.81 bits per heavy atom. The summed E-state index contributed by atoms with van der Waals surface area (Å²) < 4.78 is 34.4. The first-order valence-corrected chi connectivity index (χ1v) is 8.97. The van der Waals surface area contributed by atoms with E-state index >= 15 is 0 Å². The van der Waals surface area contributed by atoms with Gasteiger partial charge in [0.15, 0.2) is 0 Å². The molecule has 21 heavy (non-hydrogen) atoms. The maximum atomic E-state index is 12.3. The van der Waals surface area contributed by atoms with Gasteiger partial charge in [-0.25, -0.2) is 13.1 Å². The molecule has 0 bridgehead atoms. The summed E-state index contributed by atoms with van der Waals surface area (Å²) in [5, 5.41) is 9.34. The monoisotopic (exact) mass is 314 g/mol. The van der Waals surface area contributed by atoms with Crippen molar-refractivity contribution in [2.45, 2.75) is 43.2 Å². The maximum absolute atomic E-state index is 12.3. The fraction of sp³-hybridized carbons (Fsp3) is 0.714. The van der Waals surface area contributed by atoms with Crippen molar-refractivity contribution in [2.24, 2.45) is 5.92 Å². The molecule has 1 unspecified atom stereocenters. The van der Waals surface area contributed by atoms with Gasteiger partial charge in [0.25, 0.3) is 0 Å². The molecule has 0 amide bonds. The number of aliphatic hydroxyl groups excluding tert-OH is 1. The Hall–Kier alpha value is -0.890. The van der Waals surface area contributed by atoms with Crippen LogP contribution in [0.2, 0.25) is 0 Å². The van der Waals surface area contributed by atoms with Crippen LogP contribution in [0.3, 0.4) is 0 Å². The third kappa shape index (κ3) is 3.48. The summed E-state index contributed by atoms with van der Waals surface area (Å²) in [4.78, 5) is 0.251. The van der Waals surface area contributed by atoms with Crippen molar-refractivity contribution in [1.29, 1.82) is 0 Å². The van der Waals surface area contributed by atoms with E-state index in [0.717, 1.165) is 38.9 Å². The van der Waals surface area contributed by atoms with Crippen molar-refractivity contribution in [1.82, 2.24) is 9.29 Å². The van der Waals surface area contributed by atoms with Crippen molar-refractivity contribution in [3.05, 3.63) is 18.0 Å². The summed E-state index contributed by atoms with van der Waals surface area (Å²) in [6, 6.07) is 1.92. The number of rotatable bonds is 7. The van der Waals surface area contributed by atoms with Gasteiger partial charge in [-0.2, -0.15) is 0 Å². The Kier molecular flexibility index (Phi) is 4.35. The van der Waals surface area contributed by atoms with Crippen LogP contribution in [-0.4, -0.2) is 37.8 Å². The predicted molar refractivity (Wildman–Crippen MR) is 77.4 cm³/mol. The van der Waals surface area contributed by atoms with Gasteiger partial charge < -0.3 is 14.4 Å². The van der Waals surface area contributed by atoms with Crippen LogP contribution in [-0.2, 0) is 21.4 Å². The van der Waals surface area contributed by atoms with Crippen LogP contribution in [0.5, 0.6) is 0 Å². The van der Waals surface area contributed by atoms with Gasteiger partial charge in [0.2, 0.25) is 10.0 Å². The highest BCUT2D eigenvalue weighted by molar-refractivity contribution is 7.89. The summed E-state index contributed by atoms with van der Waals surface area (Å²) >= 11 is 0. The first kappa shape index (κ1) is 15.0. The number of sulfonamides is 1. The minimum atomic E-state index is -3.49. The molecule has 2 aliphatic rings. The summed E-state index contributed by atoms with van der Waals surface area (Å²) in [6.45, 7) is 1.81. The Morgan fingerprint density at radius 2 is 2.19 bits per heavy atom. The average molecular weight is 314 g/mol. The number of hydrogen-bond donors (Lipinski definition) is 2. The third-order valence-electron chi connectivity index (χ3n) is 4.19. The minimum absolute atomic E-state index is 0.133. The van der Waals surface area contributed by atoms with E-state index in [1.54, 1.807) is 12.3 Å². The predicted octanol–water partition coefficient (Wildman–Crippen LogP) is 1.02. The van der Waals surface area contributed by atoms with E-state index in [-0.39, 0.29) is 11.5 Å². The number of nitrogens with zero attached hydrogens (tertiary/aromatic N) is 1. The molecule has 1 atom stereocenters. The molecular weight excluding hydrogens is 292 g/mol. The van der Waals surface area contributed by atoms with Crippen molar-refractivity contribution < 1.29 is 18.3 Å². The second kappa shape index (κ2) is 6.08. The highest BCUT2D eigenvalue weighted by Gasteiger charge is 2.28. The third-order valence-corrected chi connectivity index (χ3v) is 5.62. The summed E-state index contributed by atoms with van der Waals surface area (Å²) in [6.07, 6.45) is 5.56. The molecule has 2 N–H and O–H groups in total. The lowest BCUT2D eigenvalue weighted by molar-refractivity contribution is 0.184. The second-order valence-corrected chi connectivity index (χ2v) is 7.65. The van der Waals surface area contributed by atoms with Crippen LogP contribution >= 0.6 is 0 Å². The van der Waals surface area contributed by atoms with E-state index in [2.05, 4.69) is 4.72 Å². The molecule has 1 saturated carbocycles. The first-order chi connectivity index (χ1) is 10.1. The van der Waals surface area contributed by atoms with Gasteiger partial charge in [-0.3, -0.25) is 0 Å². The highest BCUT2D eigenvalue weighted by Crippen LogP contribution is 2.37. The average Bonchev–Trinajstić information content (AvgIpc) is 3.00.